The number of thiophene rings is 1. The minimum atomic E-state index is -0.241. The third-order valence-electron chi connectivity index (χ3n) is 6.57. The summed E-state index contributed by atoms with van der Waals surface area (Å²) >= 11 is 1.69. The molecule has 2 N–H and O–H groups in total. The number of amides is 3. The lowest BCUT2D eigenvalue weighted by Crippen LogP contribution is -2.44. The molecule has 1 aliphatic heterocycles. The summed E-state index contributed by atoms with van der Waals surface area (Å²) in [5, 5.41) is 7.81. The first kappa shape index (κ1) is 25.6. The molecule has 1 fully saturated rings. The van der Waals surface area contributed by atoms with E-state index in [4.69, 9.17) is 4.98 Å². The summed E-state index contributed by atoms with van der Waals surface area (Å²) in [6, 6.07) is 15.1. The van der Waals surface area contributed by atoms with Crippen molar-refractivity contribution in [2.24, 2.45) is 0 Å². The summed E-state index contributed by atoms with van der Waals surface area (Å²) in [5.74, 6) is -0.339. The van der Waals surface area contributed by atoms with Gasteiger partial charge in [0, 0.05) is 41.7 Å². The zero-order chi connectivity index (χ0) is 25.5. The zero-order valence-corrected chi connectivity index (χ0v) is 21.6. The number of likely N-dealkylation sites (tertiary alicyclic amines) is 1. The van der Waals surface area contributed by atoms with E-state index < -0.39 is 0 Å². The van der Waals surface area contributed by atoms with Gasteiger partial charge >= 0.3 is 0 Å². The molecule has 188 valence electrons. The quantitative estimate of drug-likeness (QED) is 0.487. The van der Waals surface area contributed by atoms with Crippen LogP contribution in [0.15, 0.2) is 53.9 Å². The minimum Gasteiger partial charge on any atom is -0.352 e. The van der Waals surface area contributed by atoms with E-state index in [0.29, 0.717) is 30.8 Å². The average Bonchev–Trinajstić information content (AvgIpc) is 3.41. The topological polar surface area (TPSA) is 91.4 Å². The van der Waals surface area contributed by atoms with Gasteiger partial charge in [-0.25, -0.2) is 0 Å². The van der Waals surface area contributed by atoms with Gasteiger partial charge in [-0.15, -0.1) is 11.3 Å². The molecule has 0 aliphatic carbocycles. The van der Waals surface area contributed by atoms with Gasteiger partial charge in [0.2, 0.25) is 5.91 Å². The molecule has 4 rings (SSSR count). The van der Waals surface area contributed by atoms with Crippen LogP contribution in [0.2, 0.25) is 0 Å². The molecule has 0 bridgehead atoms. The van der Waals surface area contributed by atoms with Gasteiger partial charge < -0.3 is 15.5 Å². The summed E-state index contributed by atoms with van der Waals surface area (Å²) in [7, 11) is 0. The molecule has 0 saturated carbocycles. The average molecular weight is 505 g/mol. The molecule has 8 heteroatoms. The second-order valence-electron chi connectivity index (χ2n) is 9.12. The Balaban J connectivity index is 1.31. The van der Waals surface area contributed by atoms with Gasteiger partial charge in [-0.2, -0.15) is 0 Å². The van der Waals surface area contributed by atoms with Crippen molar-refractivity contribution in [1.82, 2.24) is 20.5 Å². The Labute approximate surface area is 215 Å². The van der Waals surface area contributed by atoms with Crippen molar-refractivity contribution in [1.29, 1.82) is 0 Å². The lowest BCUT2D eigenvalue weighted by Gasteiger charge is -2.32. The van der Waals surface area contributed by atoms with Crippen LogP contribution in [0.3, 0.4) is 0 Å². The Kier molecular flexibility index (Phi) is 8.48. The number of aryl methyl sites for hydroxylation is 2. The first-order valence-corrected chi connectivity index (χ1v) is 13.2. The number of nitrogens with one attached hydrogen (secondary N) is 2. The molecule has 0 atom stereocenters. The van der Waals surface area contributed by atoms with Crippen LogP contribution in [0, 0.1) is 13.8 Å². The first-order valence-electron chi connectivity index (χ1n) is 12.3. The van der Waals surface area contributed by atoms with E-state index in [1.54, 1.807) is 22.3 Å². The van der Waals surface area contributed by atoms with E-state index in [9.17, 15) is 14.4 Å². The Bertz CT molecular complexity index is 1220. The van der Waals surface area contributed by atoms with Crippen molar-refractivity contribution >= 4 is 29.1 Å². The Hall–Kier alpha value is -3.52. The van der Waals surface area contributed by atoms with Crippen LogP contribution in [0.1, 0.15) is 61.3 Å². The van der Waals surface area contributed by atoms with Gasteiger partial charge in [0.1, 0.15) is 0 Å². The third kappa shape index (κ3) is 6.37. The summed E-state index contributed by atoms with van der Waals surface area (Å²) < 4.78 is 0. The third-order valence-corrected chi connectivity index (χ3v) is 7.51. The maximum Gasteiger partial charge on any atom is 0.253 e. The number of nitrogens with zero attached hydrogens (tertiary/aromatic N) is 2. The van der Waals surface area contributed by atoms with Crippen molar-refractivity contribution in [3.63, 3.8) is 0 Å². The summed E-state index contributed by atoms with van der Waals surface area (Å²) in [5.41, 5.74) is 3.75. The van der Waals surface area contributed by atoms with Crippen molar-refractivity contribution in [3.05, 3.63) is 86.9 Å². The number of benzene rings is 1. The van der Waals surface area contributed by atoms with Crippen molar-refractivity contribution in [3.8, 4) is 0 Å². The van der Waals surface area contributed by atoms with Gasteiger partial charge in [0.15, 0.2) is 0 Å². The molecule has 1 aromatic carbocycles. The second-order valence-corrected chi connectivity index (χ2v) is 10.2. The highest BCUT2D eigenvalue weighted by atomic mass is 32.1. The maximum atomic E-state index is 13.0. The summed E-state index contributed by atoms with van der Waals surface area (Å²) in [4.78, 5) is 45.9. The van der Waals surface area contributed by atoms with E-state index in [0.717, 1.165) is 36.2 Å². The summed E-state index contributed by atoms with van der Waals surface area (Å²) in [6.45, 7) is 5.49. The van der Waals surface area contributed by atoms with Gasteiger partial charge in [-0.1, -0.05) is 24.3 Å². The molecule has 1 saturated heterocycles. The predicted octanol–water partition coefficient (Wildman–Crippen LogP) is 3.87. The van der Waals surface area contributed by atoms with Crippen LogP contribution in [-0.4, -0.2) is 53.8 Å². The molecule has 3 aromatic rings. The molecule has 0 unspecified atom stereocenters. The number of hydrogen-bond donors (Lipinski definition) is 2. The predicted molar refractivity (Wildman–Crippen MR) is 141 cm³/mol. The standard InChI is InChI=1S/C28H32N4O3S/c1-19-6-3-4-8-23(19)27(34)30-18-25(33)32-15-12-21(13-16-32)26-24(10-9-20(2)31-26)28(35)29-14-11-22-7-5-17-36-22/h3-10,17,21H,11-16,18H2,1-2H3,(H,29,35)(H,30,34). The number of hydrogen-bond acceptors (Lipinski definition) is 5. The number of carbonyl (C=O) groups excluding carboxylic acids is 3. The molecule has 3 heterocycles. The molecule has 0 spiro atoms. The number of piperidine rings is 1. The molecule has 7 nitrogen and oxygen atoms in total. The van der Waals surface area contributed by atoms with Crippen LogP contribution in [0.5, 0.6) is 0 Å². The molecule has 36 heavy (non-hydrogen) atoms. The van der Waals surface area contributed by atoms with E-state index in [1.807, 2.05) is 55.6 Å². The highest BCUT2D eigenvalue weighted by Crippen LogP contribution is 2.29. The van der Waals surface area contributed by atoms with Crippen molar-refractivity contribution < 1.29 is 14.4 Å². The molecule has 0 radical (unpaired) electrons. The molecule has 2 aromatic heterocycles. The fraction of sp³-hybridized carbons (Fsp3) is 0.357. The van der Waals surface area contributed by atoms with Crippen LogP contribution < -0.4 is 10.6 Å². The minimum absolute atomic E-state index is 0.0293. The van der Waals surface area contributed by atoms with Crippen LogP contribution in [-0.2, 0) is 11.2 Å². The molecule has 1 aliphatic rings. The van der Waals surface area contributed by atoms with Gasteiger partial charge in [0.25, 0.3) is 11.8 Å². The fourth-order valence-electron chi connectivity index (χ4n) is 4.52. The lowest BCUT2D eigenvalue weighted by molar-refractivity contribution is -0.131. The highest BCUT2D eigenvalue weighted by Gasteiger charge is 2.28. The van der Waals surface area contributed by atoms with E-state index >= 15 is 0 Å². The van der Waals surface area contributed by atoms with Gasteiger partial charge in [-0.05, 0) is 68.3 Å². The number of pyridine rings is 1. The van der Waals surface area contributed by atoms with E-state index in [-0.39, 0.29) is 30.2 Å². The fourth-order valence-corrected chi connectivity index (χ4v) is 5.23. The monoisotopic (exact) mass is 504 g/mol. The highest BCUT2D eigenvalue weighted by molar-refractivity contribution is 7.09. The summed E-state index contributed by atoms with van der Waals surface area (Å²) in [6.07, 6.45) is 2.26. The van der Waals surface area contributed by atoms with Crippen molar-refractivity contribution in [2.75, 3.05) is 26.2 Å². The molecular formula is C28H32N4O3S. The molecule has 3 amide bonds. The normalized spacial score (nSPS) is 13.9. The van der Waals surface area contributed by atoms with E-state index in [1.165, 1.54) is 4.88 Å². The smallest absolute Gasteiger partial charge is 0.253 e. The van der Waals surface area contributed by atoms with Crippen LogP contribution >= 0.6 is 11.3 Å². The van der Waals surface area contributed by atoms with Crippen LogP contribution in [0.25, 0.3) is 0 Å². The lowest BCUT2D eigenvalue weighted by atomic mass is 9.89. The Morgan fingerprint density at radius 1 is 0.944 bits per heavy atom. The molecular weight excluding hydrogens is 472 g/mol. The number of carbonyl (C=O) groups is 3. The second kappa shape index (κ2) is 11.9. The Morgan fingerprint density at radius 2 is 1.69 bits per heavy atom. The van der Waals surface area contributed by atoms with Crippen molar-refractivity contribution in [2.45, 2.75) is 39.0 Å². The SMILES string of the molecule is Cc1ccc(C(=O)NCCc2cccs2)c(C2CCN(C(=O)CNC(=O)c3ccccc3C)CC2)n1. The first-order chi connectivity index (χ1) is 17.4. The zero-order valence-electron chi connectivity index (χ0n) is 20.8. The van der Waals surface area contributed by atoms with Gasteiger partial charge in [-0.3, -0.25) is 19.4 Å². The number of aromatic nitrogens is 1. The van der Waals surface area contributed by atoms with Gasteiger partial charge in [0.05, 0.1) is 17.8 Å². The number of rotatable bonds is 8. The Morgan fingerprint density at radius 3 is 2.42 bits per heavy atom. The van der Waals surface area contributed by atoms with Crippen LogP contribution in [0.4, 0.5) is 0 Å². The maximum absolute atomic E-state index is 13.0. The van der Waals surface area contributed by atoms with E-state index in [2.05, 4.69) is 16.7 Å². The largest absolute Gasteiger partial charge is 0.352 e.